The zero-order valence-corrected chi connectivity index (χ0v) is 13.6. The van der Waals surface area contributed by atoms with Crippen molar-refractivity contribution in [1.29, 1.82) is 0 Å². The number of fused-ring (bicyclic) bond motifs is 1. The number of hydrogen-bond donors (Lipinski definition) is 1. The van der Waals surface area contributed by atoms with Crippen LogP contribution in [0.2, 0.25) is 0 Å². The van der Waals surface area contributed by atoms with Crippen LogP contribution in [0.3, 0.4) is 0 Å². The Morgan fingerprint density at radius 2 is 2.05 bits per heavy atom. The average Bonchev–Trinajstić information content (AvgIpc) is 2.71. The van der Waals surface area contributed by atoms with E-state index >= 15 is 0 Å². The zero-order valence-electron chi connectivity index (χ0n) is 13.6. The van der Waals surface area contributed by atoms with Gasteiger partial charge in [0.2, 0.25) is 0 Å². The van der Waals surface area contributed by atoms with Crippen molar-refractivity contribution in [3.05, 3.63) is 35.3 Å². The minimum Gasteiger partial charge on any atom is -0.348 e. The maximum Gasteiger partial charge on any atom is 0.270 e. The molecular formula is C18H25N3O. The fraction of sp³-hybridized carbons (Fsp3) is 0.556. The van der Waals surface area contributed by atoms with Gasteiger partial charge in [0.1, 0.15) is 11.3 Å². The van der Waals surface area contributed by atoms with E-state index in [-0.39, 0.29) is 5.91 Å². The fourth-order valence-electron chi connectivity index (χ4n) is 3.42. The van der Waals surface area contributed by atoms with E-state index in [4.69, 9.17) is 0 Å². The second kappa shape index (κ2) is 6.51. The molecule has 0 atom stereocenters. The van der Waals surface area contributed by atoms with Crippen LogP contribution in [-0.4, -0.2) is 21.3 Å². The Kier molecular flexibility index (Phi) is 4.46. The molecule has 0 bridgehead atoms. The van der Waals surface area contributed by atoms with Gasteiger partial charge >= 0.3 is 0 Å². The summed E-state index contributed by atoms with van der Waals surface area (Å²) in [6.07, 6.45) is 9.94. The molecule has 1 saturated carbocycles. The molecule has 118 valence electrons. The van der Waals surface area contributed by atoms with Crippen LogP contribution in [0.15, 0.2) is 18.3 Å². The lowest BCUT2D eigenvalue weighted by molar-refractivity contribution is 0.0926. The molecule has 0 radical (unpaired) electrons. The van der Waals surface area contributed by atoms with Crippen molar-refractivity contribution >= 4 is 11.6 Å². The van der Waals surface area contributed by atoms with Gasteiger partial charge in [-0.1, -0.05) is 38.7 Å². The number of imidazole rings is 1. The normalized spacial score (nSPS) is 16.6. The van der Waals surface area contributed by atoms with Crippen LogP contribution in [0.25, 0.3) is 5.65 Å². The van der Waals surface area contributed by atoms with Crippen LogP contribution in [0.4, 0.5) is 0 Å². The maximum atomic E-state index is 12.8. The summed E-state index contributed by atoms with van der Waals surface area (Å²) in [6, 6.07) is 4.33. The minimum atomic E-state index is 0.0295. The minimum absolute atomic E-state index is 0.0295. The first-order valence-electron chi connectivity index (χ1n) is 8.48. The van der Waals surface area contributed by atoms with E-state index in [1.807, 2.05) is 29.7 Å². The molecule has 1 N–H and O–H groups in total. The Labute approximate surface area is 131 Å². The van der Waals surface area contributed by atoms with Gasteiger partial charge in [0.25, 0.3) is 5.91 Å². The maximum absolute atomic E-state index is 12.8. The first-order valence-corrected chi connectivity index (χ1v) is 8.48. The predicted molar refractivity (Wildman–Crippen MR) is 88.3 cm³/mol. The van der Waals surface area contributed by atoms with Gasteiger partial charge in [-0.05, 0) is 37.8 Å². The van der Waals surface area contributed by atoms with E-state index in [0.717, 1.165) is 36.2 Å². The van der Waals surface area contributed by atoms with Crippen LogP contribution in [-0.2, 0) is 6.42 Å². The summed E-state index contributed by atoms with van der Waals surface area (Å²) in [7, 11) is 0. The highest BCUT2D eigenvalue weighted by molar-refractivity contribution is 5.95. The lowest BCUT2D eigenvalue weighted by Gasteiger charge is -2.16. The van der Waals surface area contributed by atoms with E-state index in [2.05, 4.69) is 17.2 Å². The Morgan fingerprint density at radius 3 is 2.73 bits per heavy atom. The molecule has 4 nitrogen and oxygen atoms in total. The van der Waals surface area contributed by atoms with Gasteiger partial charge in [-0.15, -0.1) is 0 Å². The summed E-state index contributed by atoms with van der Waals surface area (Å²) < 4.78 is 1.94. The molecule has 0 saturated heterocycles. The fourth-order valence-corrected chi connectivity index (χ4v) is 3.42. The molecule has 1 aliphatic rings. The monoisotopic (exact) mass is 299 g/mol. The van der Waals surface area contributed by atoms with Crippen molar-refractivity contribution in [3.63, 3.8) is 0 Å². The SMILES string of the molecule is CCc1nc2c(C)cccn2c1C(=O)NC1CCCCCC1. The molecule has 0 unspecified atom stereocenters. The van der Waals surface area contributed by atoms with Gasteiger partial charge in [-0.3, -0.25) is 9.20 Å². The van der Waals surface area contributed by atoms with Crippen molar-refractivity contribution in [1.82, 2.24) is 14.7 Å². The van der Waals surface area contributed by atoms with Crippen molar-refractivity contribution in [2.24, 2.45) is 0 Å². The lowest BCUT2D eigenvalue weighted by Crippen LogP contribution is -2.35. The number of aryl methyl sites for hydroxylation is 2. The van der Waals surface area contributed by atoms with Gasteiger partial charge in [0.05, 0.1) is 5.69 Å². The highest BCUT2D eigenvalue weighted by Crippen LogP contribution is 2.20. The van der Waals surface area contributed by atoms with Crippen LogP contribution in [0, 0.1) is 6.92 Å². The molecule has 4 heteroatoms. The Morgan fingerprint density at radius 1 is 1.32 bits per heavy atom. The van der Waals surface area contributed by atoms with Crippen molar-refractivity contribution in [2.75, 3.05) is 0 Å². The van der Waals surface area contributed by atoms with Crippen LogP contribution in [0.5, 0.6) is 0 Å². The highest BCUT2D eigenvalue weighted by Gasteiger charge is 2.22. The number of carbonyl (C=O) groups is 1. The van der Waals surface area contributed by atoms with Crippen LogP contribution >= 0.6 is 0 Å². The number of amides is 1. The van der Waals surface area contributed by atoms with Gasteiger partial charge < -0.3 is 5.32 Å². The zero-order chi connectivity index (χ0) is 15.5. The second-order valence-electron chi connectivity index (χ2n) is 6.31. The van der Waals surface area contributed by atoms with Gasteiger partial charge in [0.15, 0.2) is 0 Å². The number of carbonyl (C=O) groups excluding carboxylic acids is 1. The first-order chi connectivity index (χ1) is 10.7. The summed E-state index contributed by atoms with van der Waals surface area (Å²) in [4.78, 5) is 17.5. The average molecular weight is 299 g/mol. The molecule has 0 spiro atoms. The summed E-state index contributed by atoms with van der Waals surface area (Å²) in [5.41, 5.74) is 3.60. The first kappa shape index (κ1) is 15.1. The number of nitrogens with zero attached hydrogens (tertiary/aromatic N) is 2. The molecule has 2 aromatic heterocycles. The largest absolute Gasteiger partial charge is 0.348 e. The number of nitrogens with one attached hydrogen (secondary N) is 1. The number of rotatable bonds is 3. The molecule has 0 aromatic carbocycles. The van der Waals surface area contributed by atoms with Gasteiger partial charge in [-0.2, -0.15) is 0 Å². The topological polar surface area (TPSA) is 46.4 Å². The Bertz CT molecular complexity index is 666. The van der Waals surface area contributed by atoms with Crippen LogP contribution < -0.4 is 5.32 Å². The summed E-state index contributed by atoms with van der Waals surface area (Å²) >= 11 is 0. The van der Waals surface area contributed by atoms with E-state index in [1.54, 1.807) is 0 Å². The van der Waals surface area contributed by atoms with Crippen molar-refractivity contribution in [3.8, 4) is 0 Å². The standard InChI is InChI=1S/C18H25N3O/c1-3-15-16(21-12-8-9-13(2)17(21)20-15)18(22)19-14-10-6-4-5-7-11-14/h8-9,12,14H,3-7,10-11H2,1-2H3,(H,19,22). The molecule has 1 aliphatic carbocycles. The summed E-state index contributed by atoms with van der Waals surface area (Å²) in [5, 5.41) is 3.25. The van der Waals surface area contributed by atoms with E-state index in [0.29, 0.717) is 11.7 Å². The van der Waals surface area contributed by atoms with Crippen molar-refractivity contribution in [2.45, 2.75) is 64.8 Å². The summed E-state index contributed by atoms with van der Waals surface area (Å²) in [5.74, 6) is 0.0295. The lowest BCUT2D eigenvalue weighted by atomic mass is 10.1. The van der Waals surface area contributed by atoms with E-state index in [1.165, 1.54) is 25.7 Å². The third-order valence-corrected chi connectivity index (χ3v) is 4.66. The predicted octanol–water partition coefficient (Wildman–Crippen LogP) is 3.66. The van der Waals surface area contributed by atoms with E-state index < -0.39 is 0 Å². The summed E-state index contributed by atoms with van der Waals surface area (Å²) in [6.45, 7) is 4.09. The molecule has 3 rings (SSSR count). The Balaban J connectivity index is 1.91. The highest BCUT2D eigenvalue weighted by atomic mass is 16.2. The molecule has 2 heterocycles. The molecule has 1 fully saturated rings. The number of aromatic nitrogens is 2. The molecule has 22 heavy (non-hydrogen) atoms. The molecule has 2 aromatic rings. The molecular weight excluding hydrogens is 274 g/mol. The smallest absolute Gasteiger partial charge is 0.270 e. The number of hydrogen-bond acceptors (Lipinski definition) is 2. The third-order valence-electron chi connectivity index (χ3n) is 4.66. The number of pyridine rings is 1. The Hall–Kier alpha value is -1.84. The third kappa shape index (κ3) is 2.87. The molecule has 1 amide bonds. The quantitative estimate of drug-likeness (QED) is 0.879. The van der Waals surface area contributed by atoms with Gasteiger partial charge in [-0.25, -0.2) is 4.98 Å². The second-order valence-corrected chi connectivity index (χ2v) is 6.31. The van der Waals surface area contributed by atoms with Gasteiger partial charge in [0, 0.05) is 12.2 Å². The molecule has 0 aliphatic heterocycles. The van der Waals surface area contributed by atoms with Crippen molar-refractivity contribution < 1.29 is 4.79 Å². The van der Waals surface area contributed by atoms with Crippen LogP contribution in [0.1, 0.15) is 67.2 Å². The van der Waals surface area contributed by atoms with E-state index in [9.17, 15) is 4.79 Å².